The lowest BCUT2D eigenvalue weighted by atomic mass is 9.74. The molecule has 0 unspecified atom stereocenters. The molecule has 0 radical (unpaired) electrons. The smallest absolute Gasteiger partial charge is 0.166 e. The van der Waals surface area contributed by atoms with Gasteiger partial charge in [0.15, 0.2) is 17.3 Å². The number of ketones is 3. The third-order valence-corrected chi connectivity index (χ3v) is 4.30. The second-order valence-electron chi connectivity index (χ2n) is 8.10. The number of carbonyl (C=O) groups excluding carboxylic acids is 3. The molecule has 0 aromatic rings. The normalized spacial score (nSPS) is 24.5. The van der Waals surface area contributed by atoms with Gasteiger partial charge in [-0.1, -0.05) is 33.8 Å². The molecule has 0 amide bonds. The third kappa shape index (κ3) is 4.06. The number of hydrogen-bond acceptors (Lipinski definition) is 4. The highest BCUT2D eigenvalue weighted by atomic mass is 16.3. The van der Waals surface area contributed by atoms with Gasteiger partial charge < -0.3 is 5.11 Å². The summed E-state index contributed by atoms with van der Waals surface area (Å²) in [5.74, 6) is -0.366. The topological polar surface area (TPSA) is 71.4 Å². The first kappa shape index (κ1) is 17.4. The van der Waals surface area contributed by atoms with Gasteiger partial charge in [-0.2, -0.15) is 0 Å². The molecule has 4 heteroatoms. The molecule has 0 heterocycles. The molecule has 0 atom stereocenters. The second-order valence-corrected chi connectivity index (χ2v) is 8.10. The van der Waals surface area contributed by atoms with E-state index in [0.29, 0.717) is 25.7 Å². The molecule has 0 saturated heterocycles. The van der Waals surface area contributed by atoms with Crippen molar-refractivity contribution in [2.45, 2.75) is 53.4 Å². The van der Waals surface area contributed by atoms with Crippen LogP contribution in [0.4, 0.5) is 0 Å². The van der Waals surface area contributed by atoms with Crippen LogP contribution in [0.25, 0.3) is 0 Å². The van der Waals surface area contributed by atoms with Gasteiger partial charge in [-0.3, -0.25) is 14.4 Å². The summed E-state index contributed by atoms with van der Waals surface area (Å²) in [6.45, 7) is 7.68. The van der Waals surface area contributed by atoms with Crippen molar-refractivity contribution >= 4 is 17.3 Å². The number of allylic oxidation sites excluding steroid dienone is 6. The van der Waals surface area contributed by atoms with Crippen molar-refractivity contribution in [3.63, 3.8) is 0 Å². The van der Waals surface area contributed by atoms with E-state index in [2.05, 4.69) is 0 Å². The van der Waals surface area contributed by atoms with Crippen LogP contribution in [0.2, 0.25) is 0 Å². The molecule has 1 saturated carbocycles. The van der Waals surface area contributed by atoms with Gasteiger partial charge in [-0.15, -0.1) is 0 Å². The van der Waals surface area contributed by atoms with Gasteiger partial charge in [0.25, 0.3) is 0 Å². The zero-order chi connectivity index (χ0) is 17.4. The van der Waals surface area contributed by atoms with E-state index in [-0.39, 0.29) is 45.1 Å². The first-order valence-electron chi connectivity index (χ1n) is 7.91. The highest BCUT2D eigenvalue weighted by molar-refractivity contribution is 6.22. The Bertz CT molecular complexity index is 635. The number of hydrogen-bond donors (Lipinski definition) is 1. The van der Waals surface area contributed by atoms with Crippen LogP contribution in [-0.2, 0) is 14.4 Å². The molecule has 0 aliphatic heterocycles. The van der Waals surface area contributed by atoms with Crippen LogP contribution in [0.1, 0.15) is 53.4 Å². The number of carbonyl (C=O) groups is 3. The molecule has 0 aromatic carbocycles. The fraction of sp³-hybridized carbons (Fsp3) is 0.526. The van der Waals surface area contributed by atoms with Gasteiger partial charge in [0.05, 0.1) is 11.1 Å². The predicted molar refractivity (Wildman–Crippen MR) is 87.9 cm³/mol. The molecule has 23 heavy (non-hydrogen) atoms. The lowest BCUT2D eigenvalue weighted by molar-refractivity contribution is -0.127. The Labute approximate surface area is 137 Å². The van der Waals surface area contributed by atoms with Crippen molar-refractivity contribution in [2.24, 2.45) is 10.8 Å². The maximum Gasteiger partial charge on any atom is 0.166 e. The Kier molecular flexibility index (Phi) is 4.47. The van der Waals surface area contributed by atoms with E-state index < -0.39 is 0 Å². The molecule has 4 nitrogen and oxygen atoms in total. The van der Waals surface area contributed by atoms with Gasteiger partial charge in [-0.25, -0.2) is 0 Å². The first-order chi connectivity index (χ1) is 10.5. The summed E-state index contributed by atoms with van der Waals surface area (Å²) < 4.78 is 0. The quantitative estimate of drug-likeness (QED) is 0.624. The highest BCUT2D eigenvalue weighted by Crippen LogP contribution is 2.36. The van der Waals surface area contributed by atoms with E-state index >= 15 is 0 Å². The minimum absolute atomic E-state index is 0.0725. The standard InChI is InChI=1S/C19H24O4/c1-18(2)8-14(20)12(15(21)9-18)6-5-7-13-16(22)10-19(3,4)11-17(13)23/h5-7,20H,8-11H2,1-4H3/b6-5+. The van der Waals surface area contributed by atoms with Gasteiger partial charge in [0.1, 0.15) is 5.76 Å². The SMILES string of the molecule is CC1(C)CC(=O)C(=C/C=C/C2=C(O)CC(C)(C)CC2=O)C(=O)C1. The van der Waals surface area contributed by atoms with Gasteiger partial charge in [0.2, 0.25) is 0 Å². The van der Waals surface area contributed by atoms with Crippen LogP contribution in [-0.4, -0.2) is 22.5 Å². The van der Waals surface area contributed by atoms with Crippen molar-refractivity contribution in [2.75, 3.05) is 0 Å². The Morgan fingerprint density at radius 3 is 1.83 bits per heavy atom. The molecule has 2 aliphatic rings. The summed E-state index contributed by atoms with van der Waals surface area (Å²) in [6.07, 6.45) is 6.00. The van der Waals surface area contributed by atoms with Crippen LogP contribution in [0.3, 0.4) is 0 Å². The maximum atomic E-state index is 12.1. The molecular weight excluding hydrogens is 292 g/mol. The molecule has 124 valence electrons. The van der Waals surface area contributed by atoms with Crippen LogP contribution >= 0.6 is 0 Å². The Balaban J connectivity index is 2.20. The summed E-state index contributed by atoms with van der Waals surface area (Å²) in [7, 11) is 0. The van der Waals surface area contributed by atoms with E-state index in [1.807, 2.05) is 27.7 Å². The van der Waals surface area contributed by atoms with Crippen molar-refractivity contribution in [1.29, 1.82) is 0 Å². The minimum atomic E-state index is -0.291. The zero-order valence-corrected chi connectivity index (χ0v) is 14.2. The van der Waals surface area contributed by atoms with E-state index in [4.69, 9.17) is 0 Å². The molecular formula is C19H24O4. The molecule has 1 N–H and O–H groups in total. The lowest BCUT2D eigenvalue weighted by Gasteiger charge is -2.28. The average molecular weight is 316 g/mol. The second kappa shape index (κ2) is 5.91. The third-order valence-electron chi connectivity index (χ3n) is 4.30. The predicted octanol–water partition coefficient (Wildman–Crippen LogP) is 3.63. The number of Topliss-reactive ketones (excluding diaryl/α,β-unsaturated/α-hetero) is 3. The molecule has 0 spiro atoms. The summed E-state index contributed by atoms with van der Waals surface area (Å²) in [6, 6.07) is 0. The van der Waals surface area contributed by atoms with Gasteiger partial charge in [0, 0.05) is 25.7 Å². The first-order valence-corrected chi connectivity index (χ1v) is 7.91. The molecule has 0 bridgehead atoms. The van der Waals surface area contributed by atoms with E-state index in [1.54, 1.807) is 0 Å². The molecule has 2 rings (SSSR count). The largest absolute Gasteiger partial charge is 0.512 e. The monoisotopic (exact) mass is 316 g/mol. The van der Waals surface area contributed by atoms with Crippen LogP contribution in [0.15, 0.2) is 35.1 Å². The minimum Gasteiger partial charge on any atom is -0.512 e. The summed E-state index contributed by atoms with van der Waals surface area (Å²) in [5, 5.41) is 10.0. The zero-order valence-electron chi connectivity index (χ0n) is 14.2. The Morgan fingerprint density at radius 2 is 1.30 bits per heavy atom. The summed E-state index contributed by atoms with van der Waals surface area (Å²) >= 11 is 0. The molecule has 0 aromatic heterocycles. The van der Waals surface area contributed by atoms with Crippen molar-refractivity contribution in [3.8, 4) is 0 Å². The van der Waals surface area contributed by atoms with Gasteiger partial charge in [-0.05, 0) is 23.0 Å². The van der Waals surface area contributed by atoms with E-state index in [1.165, 1.54) is 18.2 Å². The number of aliphatic hydroxyl groups is 1. The maximum absolute atomic E-state index is 12.1. The molecule has 1 fully saturated rings. The van der Waals surface area contributed by atoms with Crippen molar-refractivity contribution in [3.05, 3.63) is 35.1 Å². The van der Waals surface area contributed by atoms with Crippen molar-refractivity contribution < 1.29 is 19.5 Å². The fourth-order valence-corrected chi connectivity index (χ4v) is 3.20. The number of rotatable bonds is 2. The summed E-state index contributed by atoms with van der Waals surface area (Å²) in [4.78, 5) is 36.2. The number of aliphatic hydroxyl groups excluding tert-OH is 1. The van der Waals surface area contributed by atoms with Crippen LogP contribution in [0.5, 0.6) is 0 Å². The Morgan fingerprint density at radius 1 is 0.826 bits per heavy atom. The highest BCUT2D eigenvalue weighted by Gasteiger charge is 2.35. The van der Waals surface area contributed by atoms with Crippen LogP contribution < -0.4 is 0 Å². The van der Waals surface area contributed by atoms with Gasteiger partial charge >= 0.3 is 0 Å². The van der Waals surface area contributed by atoms with Crippen molar-refractivity contribution in [1.82, 2.24) is 0 Å². The lowest BCUT2D eigenvalue weighted by Crippen LogP contribution is -2.31. The molecule has 2 aliphatic carbocycles. The van der Waals surface area contributed by atoms with E-state index in [9.17, 15) is 19.5 Å². The average Bonchev–Trinajstić information content (AvgIpc) is 2.32. The Hall–Kier alpha value is -1.97. The summed E-state index contributed by atoms with van der Waals surface area (Å²) in [5.41, 5.74) is -0.0693. The van der Waals surface area contributed by atoms with Crippen LogP contribution in [0, 0.1) is 10.8 Å². The fourth-order valence-electron chi connectivity index (χ4n) is 3.20. The van der Waals surface area contributed by atoms with E-state index in [0.717, 1.165) is 0 Å².